The number of aromatic nitrogens is 2. The summed E-state index contributed by atoms with van der Waals surface area (Å²) >= 11 is 0. The van der Waals surface area contributed by atoms with Crippen molar-refractivity contribution < 1.29 is 24.9 Å². The summed E-state index contributed by atoms with van der Waals surface area (Å²) in [5.41, 5.74) is -1.28. The van der Waals surface area contributed by atoms with E-state index in [1.165, 1.54) is 43.6 Å². The number of carbonyl (C=O) groups is 1. The number of ether oxygens (including phenoxy) is 1. The highest BCUT2D eigenvalue weighted by molar-refractivity contribution is 5.68. The zero-order valence-electron chi connectivity index (χ0n) is 21.6. The van der Waals surface area contributed by atoms with Crippen LogP contribution in [-0.4, -0.2) is 38.5 Å². The molecule has 0 aliphatic carbocycles. The van der Waals surface area contributed by atoms with E-state index in [0.29, 0.717) is 0 Å². The van der Waals surface area contributed by atoms with Crippen LogP contribution in [0.2, 0.25) is 0 Å². The highest BCUT2D eigenvalue weighted by Crippen LogP contribution is 2.23. The molecule has 130 valence electrons. The maximum absolute atomic E-state index is 14.1. The summed E-state index contributed by atoms with van der Waals surface area (Å²) in [5, 5.41) is 0. The Labute approximate surface area is 152 Å². The molecule has 24 heavy (non-hydrogen) atoms. The molecule has 1 saturated heterocycles. The van der Waals surface area contributed by atoms with Crippen molar-refractivity contribution in [2.24, 2.45) is 0 Å². The zero-order valence-corrected chi connectivity index (χ0v) is 13.6. The summed E-state index contributed by atoms with van der Waals surface area (Å²) in [6.07, 6.45) is -9.14. The van der Waals surface area contributed by atoms with Crippen LogP contribution < -0.4 is 0 Å². The summed E-state index contributed by atoms with van der Waals surface area (Å²) in [4.78, 5) is 17.3. The molecule has 3 heterocycles. The lowest BCUT2D eigenvalue weighted by Gasteiger charge is -2.36. The van der Waals surface area contributed by atoms with Crippen LogP contribution >= 0.6 is 0 Å². The van der Waals surface area contributed by atoms with Gasteiger partial charge in [-0.05, 0) is 52.0 Å². The van der Waals surface area contributed by atoms with Crippen LogP contribution in [0.25, 0.3) is 5.65 Å². The molecule has 0 bridgehead atoms. The van der Waals surface area contributed by atoms with Crippen molar-refractivity contribution in [1.29, 1.82) is 0 Å². The van der Waals surface area contributed by atoms with E-state index in [1.807, 2.05) is 0 Å². The summed E-state index contributed by atoms with van der Waals surface area (Å²) in [5.74, 6) is -0.682. The molecule has 2 aromatic rings. The third-order valence-electron chi connectivity index (χ3n) is 3.19. The van der Waals surface area contributed by atoms with Crippen LogP contribution in [0.5, 0.6) is 0 Å². The van der Waals surface area contributed by atoms with Gasteiger partial charge in [-0.1, -0.05) is 0 Å². The Balaban J connectivity index is 2.19. The smallest absolute Gasteiger partial charge is 0.410 e. The summed E-state index contributed by atoms with van der Waals surface area (Å²) < 4.78 is 87.1. The largest absolute Gasteiger partial charge is 0.444 e. The van der Waals surface area contributed by atoms with Gasteiger partial charge in [0.2, 0.25) is 0 Å². The fraction of sp³-hybridized carbons (Fsp3) is 0.556. The highest BCUT2D eigenvalue weighted by atomic mass is 19.1. The van der Waals surface area contributed by atoms with E-state index in [2.05, 4.69) is 4.98 Å². The molecule has 0 saturated carbocycles. The molecule has 1 aliphatic heterocycles. The Morgan fingerprint density at radius 3 is 3.04 bits per heavy atom. The van der Waals surface area contributed by atoms with Crippen molar-refractivity contribution in [3.63, 3.8) is 0 Å². The predicted molar refractivity (Wildman–Crippen MR) is 89.4 cm³/mol. The number of hydrogen-bond acceptors (Lipinski definition) is 3. The molecule has 0 N–H and O–H groups in total. The van der Waals surface area contributed by atoms with Gasteiger partial charge in [0.1, 0.15) is 5.60 Å². The number of piperidine rings is 1. The maximum Gasteiger partial charge on any atom is 0.410 e. The van der Waals surface area contributed by atoms with Crippen molar-refractivity contribution >= 4 is 11.7 Å². The van der Waals surface area contributed by atoms with Crippen LogP contribution in [0, 0.1) is 5.82 Å². The van der Waals surface area contributed by atoms with E-state index in [4.69, 9.17) is 15.7 Å². The molecule has 1 fully saturated rings. The molecule has 1 amide bonds. The van der Waals surface area contributed by atoms with Gasteiger partial charge in [-0.2, -0.15) is 0 Å². The second-order valence-electron chi connectivity index (χ2n) is 6.32. The van der Waals surface area contributed by atoms with E-state index in [1.54, 1.807) is 0 Å². The van der Waals surface area contributed by atoms with E-state index < -0.39 is 55.6 Å². The fourth-order valence-electron chi connectivity index (χ4n) is 2.23. The molecule has 3 rings (SSSR count). The van der Waals surface area contributed by atoms with Crippen molar-refractivity contribution in [1.82, 2.24) is 14.3 Å². The van der Waals surface area contributed by atoms with Gasteiger partial charge in [0.05, 0.1) is 7.06 Å². The van der Waals surface area contributed by atoms with Gasteiger partial charge in [0.25, 0.3) is 0 Å². The molecule has 0 radical (unpaired) electrons. The molecular formula is C18H24FN3O2. The Morgan fingerprint density at radius 2 is 2.33 bits per heavy atom. The Bertz CT molecular complexity index is 1050. The van der Waals surface area contributed by atoms with Gasteiger partial charge in [0.15, 0.2) is 11.5 Å². The number of likely N-dealkylation sites (tertiary alicyclic amines) is 1. The molecule has 6 heteroatoms. The minimum absolute atomic E-state index is 0.0482. The first-order valence-electron chi connectivity index (χ1n) is 11.5. The Hall–Kier alpha value is -2.11. The normalized spacial score (nSPS) is 36.2. The molecular weight excluding hydrogens is 309 g/mol. The van der Waals surface area contributed by atoms with Crippen LogP contribution in [0.4, 0.5) is 9.18 Å². The highest BCUT2D eigenvalue weighted by Gasteiger charge is 2.31. The number of fused-ring (bicyclic) bond motifs is 1. The Kier molecular flexibility index (Phi) is 2.51. The number of pyridine rings is 1. The second kappa shape index (κ2) is 6.42. The lowest BCUT2D eigenvalue weighted by Crippen LogP contribution is -2.47. The van der Waals surface area contributed by atoms with Gasteiger partial charge >= 0.3 is 6.09 Å². The second-order valence-corrected chi connectivity index (χ2v) is 6.32. The number of nitrogens with zero attached hydrogens (tertiary/aromatic N) is 3. The molecule has 5 nitrogen and oxygen atoms in total. The minimum atomic E-state index is -3.34. The number of amides is 1. The summed E-state index contributed by atoms with van der Waals surface area (Å²) in [7, 11) is 0. The maximum atomic E-state index is 14.1. The van der Waals surface area contributed by atoms with Gasteiger partial charge < -0.3 is 14.0 Å². The SMILES string of the molecule is [2H]C1N(C(=O)OC(C)(C)C)[C@]([2H])(Cc2cn3cccc(F)c3n2)C([2H])([2H])C([2H])([2H])C1([2H])[2H]. The van der Waals surface area contributed by atoms with Crippen molar-refractivity contribution in [3.05, 3.63) is 36.0 Å². The van der Waals surface area contributed by atoms with E-state index in [-0.39, 0.29) is 16.2 Å². The minimum Gasteiger partial charge on any atom is -0.444 e. The van der Waals surface area contributed by atoms with Crippen molar-refractivity contribution in [2.45, 2.75) is 57.9 Å². The van der Waals surface area contributed by atoms with Gasteiger partial charge in [-0.15, -0.1) is 0 Å². The zero-order chi connectivity index (χ0) is 24.5. The first kappa shape index (κ1) is 9.39. The topological polar surface area (TPSA) is 46.8 Å². The lowest BCUT2D eigenvalue weighted by molar-refractivity contribution is 0.00986. The van der Waals surface area contributed by atoms with Crippen molar-refractivity contribution in [2.75, 3.05) is 6.52 Å². The Morgan fingerprint density at radius 1 is 1.54 bits per heavy atom. The molecule has 2 atom stereocenters. The van der Waals surface area contributed by atoms with E-state index in [0.717, 1.165) is 6.07 Å². The predicted octanol–water partition coefficient (Wildman–Crippen LogP) is 3.81. The first-order chi connectivity index (χ1) is 14.4. The molecule has 0 spiro atoms. The van der Waals surface area contributed by atoms with Crippen molar-refractivity contribution in [3.8, 4) is 0 Å². The number of carbonyl (C=O) groups excluding carboxylic acids is 1. The molecule has 1 aliphatic rings. The number of hydrogen-bond donors (Lipinski definition) is 0. The van der Waals surface area contributed by atoms with Gasteiger partial charge in [-0.25, -0.2) is 14.2 Å². The number of imidazole rings is 1. The lowest BCUT2D eigenvalue weighted by atomic mass is 9.98. The third kappa shape index (κ3) is 3.68. The molecule has 1 unspecified atom stereocenters. The van der Waals surface area contributed by atoms with Crippen LogP contribution in [0.1, 0.15) is 56.5 Å². The summed E-state index contributed by atoms with van der Waals surface area (Å²) in [6, 6.07) is -0.280. The summed E-state index contributed by atoms with van der Waals surface area (Å²) in [6.45, 7) is 2.22. The fourth-order valence-corrected chi connectivity index (χ4v) is 2.23. The number of halogens is 1. The average molecular weight is 341 g/mol. The molecule has 2 aromatic heterocycles. The van der Waals surface area contributed by atoms with E-state index in [9.17, 15) is 9.18 Å². The standard InChI is InChI=1S/C18H24FN3O2/c1-18(2,3)24-17(23)22-10-5-4-7-14(22)11-13-12-21-9-6-8-15(19)16(21)20-13/h6,8-9,12,14H,4-5,7,10-11H2,1-3H3/t14-/m0/s1/i4D2,5D2,7D2,10D,14D/t10?,14-. The van der Waals surface area contributed by atoms with Crippen LogP contribution in [0.15, 0.2) is 24.5 Å². The van der Waals surface area contributed by atoms with Crippen LogP contribution in [0.3, 0.4) is 0 Å². The van der Waals surface area contributed by atoms with Gasteiger partial charge in [-0.3, -0.25) is 0 Å². The third-order valence-corrected chi connectivity index (χ3v) is 3.19. The number of rotatable bonds is 2. The molecule has 0 aromatic carbocycles. The average Bonchev–Trinajstić information content (AvgIpc) is 3.02. The van der Waals surface area contributed by atoms with Crippen LogP contribution in [-0.2, 0) is 11.2 Å². The quantitative estimate of drug-likeness (QED) is 0.834. The first-order valence-corrected chi connectivity index (χ1v) is 7.43. The monoisotopic (exact) mass is 341 g/mol. The van der Waals surface area contributed by atoms with Gasteiger partial charge in [0, 0.05) is 40.9 Å². The van der Waals surface area contributed by atoms with E-state index >= 15 is 0 Å².